The van der Waals surface area contributed by atoms with Crippen molar-refractivity contribution in [3.8, 4) is 0 Å². The Morgan fingerprint density at radius 2 is 2.10 bits per heavy atom. The molecule has 0 saturated carbocycles. The summed E-state index contributed by atoms with van der Waals surface area (Å²) < 4.78 is 0. The van der Waals surface area contributed by atoms with Gasteiger partial charge in [0.2, 0.25) is 0 Å². The summed E-state index contributed by atoms with van der Waals surface area (Å²) in [5.41, 5.74) is 1.06. The fourth-order valence-electron chi connectivity index (χ4n) is 0.995. The van der Waals surface area contributed by atoms with Crippen LogP contribution < -0.4 is 0 Å². The Balaban J connectivity index is 0.000000371. The van der Waals surface area contributed by atoms with E-state index in [1.165, 1.54) is 12.7 Å². The molecule has 1 saturated heterocycles. The Labute approximate surface area is 63.2 Å². The lowest BCUT2D eigenvalue weighted by Crippen LogP contribution is -2.09. The molecule has 0 unspecified atom stereocenters. The van der Waals surface area contributed by atoms with Crippen LogP contribution in [0.2, 0.25) is 0 Å². The molecule has 1 aliphatic rings. The Hall–Kier alpha value is -0.660. The molecule has 0 atom stereocenters. The fraction of sp³-hybridized carbons (Fsp3) is 0.750. The summed E-state index contributed by atoms with van der Waals surface area (Å²) >= 11 is 0. The standard InChI is InChI=1S/C6H11NO.C2H6/c1-7-4-2-3-6(7)5-8;1-2/h5,8H,2-4H2,1H3;1-2H3/b6-5-;. The molecule has 0 aromatic heterocycles. The molecule has 1 heterocycles. The van der Waals surface area contributed by atoms with E-state index in [1.54, 1.807) is 0 Å². The van der Waals surface area contributed by atoms with E-state index in [4.69, 9.17) is 5.11 Å². The molecule has 10 heavy (non-hydrogen) atoms. The third kappa shape index (κ3) is 2.29. The van der Waals surface area contributed by atoms with Crippen LogP contribution in [0, 0.1) is 0 Å². The van der Waals surface area contributed by atoms with Gasteiger partial charge in [0.25, 0.3) is 0 Å². The highest BCUT2D eigenvalue weighted by Gasteiger charge is 2.10. The second-order valence-corrected chi connectivity index (χ2v) is 2.15. The molecule has 0 amide bonds. The van der Waals surface area contributed by atoms with Gasteiger partial charge in [-0.05, 0) is 12.8 Å². The van der Waals surface area contributed by atoms with Crippen LogP contribution in [0.15, 0.2) is 12.0 Å². The zero-order chi connectivity index (χ0) is 7.98. The van der Waals surface area contributed by atoms with Crippen molar-refractivity contribution in [2.75, 3.05) is 13.6 Å². The molecule has 0 aliphatic carbocycles. The Kier molecular flexibility index (Phi) is 4.81. The van der Waals surface area contributed by atoms with Crippen molar-refractivity contribution in [1.29, 1.82) is 0 Å². The number of aliphatic hydroxyl groups is 1. The third-order valence-corrected chi connectivity index (χ3v) is 1.57. The second kappa shape index (κ2) is 5.15. The SMILES string of the molecule is CC.CN1CCC/C1=C/O. The van der Waals surface area contributed by atoms with Crippen LogP contribution in [0.1, 0.15) is 26.7 Å². The molecule has 0 spiro atoms. The molecule has 0 aromatic carbocycles. The van der Waals surface area contributed by atoms with Crippen molar-refractivity contribution in [2.24, 2.45) is 0 Å². The normalized spacial score (nSPS) is 20.7. The van der Waals surface area contributed by atoms with Gasteiger partial charge in [-0.15, -0.1) is 0 Å². The molecule has 60 valence electrons. The number of hydrogen-bond donors (Lipinski definition) is 1. The number of allylic oxidation sites excluding steroid dienone is 1. The van der Waals surface area contributed by atoms with Crippen molar-refractivity contribution in [3.63, 3.8) is 0 Å². The highest BCUT2D eigenvalue weighted by Crippen LogP contribution is 2.16. The van der Waals surface area contributed by atoms with Crippen LogP contribution in [0.25, 0.3) is 0 Å². The molecule has 0 bridgehead atoms. The van der Waals surface area contributed by atoms with Crippen LogP contribution in [-0.2, 0) is 0 Å². The van der Waals surface area contributed by atoms with Gasteiger partial charge < -0.3 is 10.0 Å². The van der Waals surface area contributed by atoms with Crippen LogP contribution in [0.3, 0.4) is 0 Å². The van der Waals surface area contributed by atoms with Crippen LogP contribution >= 0.6 is 0 Å². The minimum atomic E-state index is 1.03. The van der Waals surface area contributed by atoms with Crippen LogP contribution in [-0.4, -0.2) is 23.6 Å². The van der Waals surface area contributed by atoms with Crippen molar-refractivity contribution in [3.05, 3.63) is 12.0 Å². The highest BCUT2D eigenvalue weighted by atomic mass is 16.2. The topological polar surface area (TPSA) is 23.5 Å². The summed E-state index contributed by atoms with van der Waals surface area (Å²) in [6.07, 6.45) is 3.42. The van der Waals surface area contributed by atoms with Gasteiger partial charge >= 0.3 is 0 Å². The van der Waals surface area contributed by atoms with E-state index in [9.17, 15) is 0 Å². The number of nitrogens with zero attached hydrogens (tertiary/aromatic N) is 1. The molecule has 2 nitrogen and oxygen atoms in total. The smallest absolute Gasteiger partial charge is 0.0982 e. The first kappa shape index (κ1) is 9.34. The van der Waals surface area contributed by atoms with E-state index in [0.29, 0.717) is 0 Å². The largest absolute Gasteiger partial charge is 0.514 e. The summed E-state index contributed by atoms with van der Waals surface area (Å²) in [6, 6.07) is 0. The molecule has 0 aromatic rings. The molecule has 1 aliphatic heterocycles. The lowest BCUT2D eigenvalue weighted by Gasteiger charge is -2.09. The predicted octanol–water partition coefficient (Wildman–Crippen LogP) is 2.14. The summed E-state index contributed by atoms with van der Waals surface area (Å²) in [5.74, 6) is 0. The van der Waals surface area contributed by atoms with Gasteiger partial charge in [0.15, 0.2) is 0 Å². The lowest BCUT2D eigenvalue weighted by atomic mass is 10.3. The molecular formula is C8H17NO. The Morgan fingerprint density at radius 3 is 2.30 bits per heavy atom. The monoisotopic (exact) mass is 143 g/mol. The lowest BCUT2D eigenvalue weighted by molar-refractivity contribution is 0.416. The van der Waals surface area contributed by atoms with Crippen LogP contribution in [0.5, 0.6) is 0 Å². The Morgan fingerprint density at radius 1 is 1.50 bits per heavy atom. The maximum absolute atomic E-state index is 8.53. The summed E-state index contributed by atoms with van der Waals surface area (Å²) in [6.45, 7) is 5.09. The van der Waals surface area contributed by atoms with Gasteiger partial charge in [0.1, 0.15) is 0 Å². The quantitative estimate of drug-likeness (QED) is 0.525. The number of aliphatic hydroxyl groups excluding tert-OH is 1. The van der Waals surface area contributed by atoms with Gasteiger partial charge in [0, 0.05) is 19.3 Å². The van der Waals surface area contributed by atoms with Crippen molar-refractivity contribution >= 4 is 0 Å². The minimum Gasteiger partial charge on any atom is -0.514 e. The summed E-state index contributed by atoms with van der Waals surface area (Å²) in [5, 5.41) is 8.53. The van der Waals surface area contributed by atoms with Crippen LogP contribution in [0.4, 0.5) is 0 Å². The van der Waals surface area contributed by atoms with Gasteiger partial charge in [0.05, 0.1) is 6.26 Å². The van der Waals surface area contributed by atoms with E-state index < -0.39 is 0 Å². The summed E-state index contributed by atoms with van der Waals surface area (Å²) in [7, 11) is 2.00. The van der Waals surface area contributed by atoms with Gasteiger partial charge in [-0.1, -0.05) is 13.8 Å². The van der Waals surface area contributed by atoms with Crippen molar-refractivity contribution in [2.45, 2.75) is 26.7 Å². The maximum Gasteiger partial charge on any atom is 0.0982 e. The molecule has 0 radical (unpaired) electrons. The van der Waals surface area contributed by atoms with Crippen molar-refractivity contribution < 1.29 is 5.11 Å². The molecule has 1 rings (SSSR count). The molecular weight excluding hydrogens is 126 g/mol. The van der Waals surface area contributed by atoms with E-state index >= 15 is 0 Å². The maximum atomic E-state index is 8.53. The first-order valence-electron chi connectivity index (χ1n) is 3.89. The number of rotatable bonds is 0. The average Bonchev–Trinajstić information content (AvgIpc) is 2.39. The predicted molar refractivity (Wildman–Crippen MR) is 43.9 cm³/mol. The first-order valence-corrected chi connectivity index (χ1v) is 3.89. The fourth-order valence-corrected chi connectivity index (χ4v) is 0.995. The zero-order valence-corrected chi connectivity index (χ0v) is 7.09. The molecule has 2 heteroatoms. The summed E-state index contributed by atoms with van der Waals surface area (Å²) in [4.78, 5) is 2.07. The first-order chi connectivity index (χ1) is 4.84. The molecule has 1 fully saturated rings. The Bertz CT molecular complexity index is 110. The van der Waals surface area contributed by atoms with Gasteiger partial charge in [-0.3, -0.25) is 0 Å². The van der Waals surface area contributed by atoms with E-state index in [0.717, 1.165) is 18.7 Å². The number of hydrogen-bond acceptors (Lipinski definition) is 2. The highest BCUT2D eigenvalue weighted by molar-refractivity contribution is 5.00. The third-order valence-electron chi connectivity index (χ3n) is 1.57. The average molecular weight is 143 g/mol. The van der Waals surface area contributed by atoms with E-state index in [1.807, 2.05) is 20.9 Å². The van der Waals surface area contributed by atoms with Crippen molar-refractivity contribution in [1.82, 2.24) is 4.90 Å². The number of likely N-dealkylation sites (tertiary alicyclic amines) is 1. The van der Waals surface area contributed by atoms with E-state index in [-0.39, 0.29) is 0 Å². The molecule has 1 N–H and O–H groups in total. The van der Waals surface area contributed by atoms with E-state index in [2.05, 4.69) is 4.90 Å². The van der Waals surface area contributed by atoms with Gasteiger partial charge in [-0.25, -0.2) is 0 Å². The minimum absolute atomic E-state index is 1.03. The van der Waals surface area contributed by atoms with Gasteiger partial charge in [-0.2, -0.15) is 0 Å². The second-order valence-electron chi connectivity index (χ2n) is 2.15. The zero-order valence-electron chi connectivity index (χ0n) is 7.09.